The summed E-state index contributed by atoms with van der Waals surface area (Å²) in [7, 11) is 1.62. The molecule has 1 aromatic carbocycles. The number of carbonyl (C=O) groups is 1. The minimum atomic E-state index is -0.181. The lowest BCUT2D eigenvalue weighted by molar-refractivity contribution is -0.111. The maximum absolute atomic E-state index is 12.1. The van der Waals surface area contributed by atoms with Crippen molar-refractivity contribution in [2.45, 2.75) is 19.9 Å². The van der Waals surface area contributed by atoms with Crippen molar-refractivity contribution >= 4 is 28.5 Å². The van der Waals surface area contributed by atoms with E-state index in [4.69, 9.17) is 4.74 Å². The number of nitrogens with zero attached hydrogens (tertiary/aromatic N) is 2. The highest BCUT2D eigenvalue weighted by Gasteiger charge is 2.19. The van der Waals surface area contributed by atoms with Gasteiger partial charge in [-0.25, -0.2) is 4.98 Å². The summed E-state index contributed by atoms with van der Waals surface area (Å²) >= 11 is 1.57. The number of methoxy groups -OCH3 is 1. The summed E-state index contributed by atoms with van der Waals surface area (Å²) < 4.78 is 5.27. The standard InChI is InChI=1S/C18H21N3O2S/c1-3-21-11-10-14-16(12-21)24-18(19-14)20-17(22)9-8-13-6-4-5-7-15(13)23-2/h4-9H,3,10-12H2,1-2H3,(H,19,20,22)/b9-8+. The molecule has 1 aliphatic heterocycles. The van der Waals surface area contributed by atoms with Crippen molar-refractivity contribution in [2.75, 3.05) is 25.5 Å². The predicted octanol–water partition coefficient (Wildman–Crippen LogP) is 3.18. The summed E-state index contributed by atoms with van der Waals surface area (Å²) in [6.07, 6.45) is 4.21. The van der Waals surface area contributed by atoms with E-state index in [0.29, 0.717) is 5.13 Å². The van der Waals surface area contributed by atoms with Gasteiger partial charge in [0, 0.05) is 36.0 Å². The van der Waals surface area contributed by atoms with Crippen LogP contribution in [-0.4, -0.2) is 36.0 Å². The first-order chi connectivity index (χ1) is 11.7. The van der Waals surface area contributed by atoms with E-state index in [1.807, 2.05) is 24.3 Å². The number of ether oxygens (including phenoxy) is 1. The first kappa shape index (κ1) is 16.7. The summed E-state index contributed by atoms with van der Waals surface area (Å²) in [6, 6.07) is 7.58. The van der Waals surface area contributed by atoms with Crippen molar-refractivity contribution in [2.24, 2.45) is 0 Å². The molecule has 0 unspecified atom stereocenters. The number of para-hydroxylation sites is 1. The first-order valence-corrected chi connectivity index (χ1v) is 8.84. The van der Waals surface area contributed by atoms with Crippen molar-refractivity contribution in [3.63, 3.8) is 0 Å². The molecule has 0 saturated carbocycles. The second-order valence-corrected chi connectivity index (χ2v) is 6.66. The Kier molecular flexibility index (Phi) is 5.27. The molecule has 3 rings (SSSR count). The van der Waals surface area contributed by atoms with Crippen LogP contribution in [0.25, 0.3) is 6.08 Å². The third-order valence-electron chi connectivity index (χ3n) is 4.04. The molecule has 126 valence electrons. The number of amides is 1. The second-order valence-electron chi connectivity index (χ2n) is 5.57. The van der Waals surface area contributed by atoms with E-state index >= 15 is 0 Å². The van der Waals surface area contributed by atoms with Gasteiger partial charge in [0.1, 0.15) is 5.75 Å². The Balaban J connectivity index is 1.65. The average Bonchev–Trinajstić information content (AvgIpc) is 3.01. The normalized spacial score (nSPS) is 14.6. The van der Waals surface area contributed by atoms with Gasteiger partial charge in [0.05, 0.1) is 12.8 Å². The maximum atomic E-state index is 12.1. The zero-order chi connectivity index (χ0) is 16.9. The van der Waals surface area contributed by atoms with E-state index in [-0.39, 0.29) is 5.91 Å². The maximum Gasteiger partial charge on any atom is 0.250 e. The molecule has 0 bridgehead atoms. The molecule has 0 spiro atoms. The van der Waals surface area contributed by atoms with Crippen LogP contribution < -0.4 is 10.1 Å². The third kappa shape index (κ3) is 3.83. The van der Waals surface area contributed by atoms with Crippen LogP contribution >= 0.6 is 11.3 Å². The van der Waals surface area contributed by atoms with Crippen LogP contribution in [0.4, 0.5) is 5.13 Å². The molecule has 24 heavy (non-hydrogen) atoms. The molecule has 2 aromatic rings. The first-order valence-electron chi connectivity index (χ1n) is 8.02. The molecule has 0 atom stereocenters. The van der Waals surface area contributed by atoms with Crippen molar-refractivity contribution in [1.29, 1.82) is 0 Å². The number of likely N-dealkylation sites (N-methyl/N-ethyl adjacent to an activating group) is 1. The Bertz CT molecular complexity index is 754. The lowest BCUT2D eigenvalue weighted by atomic mass is 10.2. The largest absolute Gasteiger partial charge is 0.496 e. The molecule has 2 heterocycles. The number of anilines is 1. The number of hydrogen-bond acceptors (Lipinski definition) is 5. The van der Waals surface area contributed by atoms with Crippen LogP contribution in [-0.2, 0) is 17.8 Å². The van der Waals surface area contributed by atoms with Crippen molar-refractivity contribution in [3.8, 4) is 5.75 Å². The second kappa shape index (κ2) is 7.59. The summed E-state index contributed by atoms with van der Waals surface area (Å²) in [4.78, 5) is 20.3. The van der Waals surface area contributed by atoms with E-state index in [1.165, 1.54) is 11.0 Å². The van der Waals surface area contributed by atoms with Crippen LogP contribution in [0.15, 0.2) is 30.3 Å². The molecule has 5 nitrogen and oxygen atoms in total. The molecule has 6 heteroatoms. The molecule has 0 saturated heterocycles. The number of hydrogen-bond donors (Lipinski definition) is 1. The number of fused-ring (bicyclic) bond motifs is 1. The van der Waals surface area contributed by atoms with Crippen molar-refractivity contribution < 1.29 is 9.53 Å². The van der Waals surface area contributed by atoms with E-state index in [0.717, 1.165) is 43.1 Å². The van der Waals surface area contributed by atoms with Gasteiger partial charge in [-0.3, -0.25) is 15.0 Å². The molecular formula is C18H21N3O2S. The quantitative estimate of drug-likeness (QED) is 0.847. The van der Waals surface area contributed by atoms with Crippen LogP contribution in [0.2, 0.25) is 0 Å². The summed E-state index contributed by atoms with van der Waals surface area (Å²) in [5.74, 6) is 0.560. The third-order valence-corrected chi connectivity index (χ3v) is 5.04. The SMILES string of the molecule is CCN1CCc2nc(NC(=O)/C=C/c3ccccc3OC)sc2C1. The monoisotopic (exact) mass is 343 g/mol. The fraction of sp³-hybridized carbons (Fsp3) is 0.333. The number of thiazole rings is 1. The molecule has 0 fully saturated rings. The Morgan fingerprint density at radius 3 is 3.08 bits per heavy atom. The highest BCUT2D eigenvalue weighted by Crippen LogP contribution is 2.28. The molecule has 0 aliphatic carbocycles. The van der Waals surface area contributed by atoms with E-state index in [9.17, 15) is 4.79 Å². The van der Waals surface area contributed by atoms with Gasteiger partial charge in [-0.15, -0.1) is 11.3 Å². The number of rotatable bonds is 5. The van der Waals surface area contributed by atoms with Crippen molar-refractivity contribution in [1.82, 2.24) is 9.88 Å². The number of benzene rings is 1. The number of nitrogens with one attached hydrogen (secondary N) is 1. The Hall–Kier alpha value is -2.18. The highest BCUT2D eigenvalue weighted by atomic mass is 32.1. The van der Waals surface area contributed by atoms with Gasteiger partial charge in [0.15, 0.2) is 5.13 Å². The van der Waals surface area contributed by atoms with Crippen LogP contribution in [0.1, 0.15) is 23.1 Å². The Morgan fingerprint density at radius 1 is 1.46 bits per heavy atom. The minimum Gasteiger partial charge on any atom is -0.496 e. The van der Waals surface area contributed by atoms with E-state index < -0.39 is 0 Å². The van der Waals surface area contributed by atoms with Gasteiger partial charge >= 0.3 is 0 Å². The Labute approximate surface area is 146 Å². The van der Waals surface area contributed by atoms with Gasteiger partial charge < -0.3 is 4.74 Å². The molecule has 1 amide bonds. The van der Waals surface area contributed by atoms with Gasteiger partial charge in [-0.1, -0.05) is 25.1 Å². The van der Waals surface area contributed by atoms with Crippen molar-refractivity contribution in [3.05, 3.63) is 46.5 Å². The molecule has 1 N–H and O–H groups in total. The summed E-state index contributed by atoms with van der Waals surface area (Å²) in [6.45, 7) is 5.17. The Morgan fingerprint density at radius 2 is 2.29 bits per heavy atom. The zero-order valence-electron chi connectivity index (χ0n) is 13.9. The smallest absolute Gasteiger partial charge is 0.250 e. The van der Waals surface area contributed by atoms with Gasteiger partial charge in [-0.05, 0) is 18.7 Å². The minimum absolute atomic E-state index is 0.181. The van der Waals surface area contributed by atoms with E-state index in [2.05, 4.69) is 22.1 Å². The average molecular weight is 343 g/mol. The van der Waals surface area contributed by atoms with Crippen LogP contribution in [0.3, 0.4) is 0 Å². The number of carbonyl (C=O) groups excluding carboxylic acids is 1. The lowest BCUT2D eigenvalue weighted by Gasteiger charge is -2.23. The summed E-state index contributed by atoms with van der Waals surface area (Å²) in [5, 5.41) is 3.54. The van der Waals surface area contributed by atoms with Crippen LogP contribution in [0.5, 0.6) is 5.75 Å². The molecular weight excluding hydrogens is 322 g/mol. The number of aromatic nitrogens is 1. The predicted molar refractivity (Wildman–Crippen MR) is 97.4 cm³/mol. The topological polar surface area (TPSA) is 54.5 Å². The molecule has 0 radical (unpaired) electrons. The fourth-order valence-corrected chi connectivity index (χ4v) is 3.74. The zero-order valence-corrected chi connectivity index (χ0v) is 14.7. The van der Waals surface area contributed by atoms with E-state index in [1.54, 1.807) is 24.5 Å². The summed E-state index contributed by atoms with van der Waals surface area (Å²) in [5.41, 5.74) is 1.99. The van der Waals surface area contributed by atoms with Gasteiger partial charge in [0.25, 0.3) is 0 Å². The van der Waals surface area contributed by atoms with Gasteiger partial charge in [0.2, 0.25) is 5.91 Å². The fourth-order valence-electron chi connectivity index (χ4n) is 2.69. The molecule has 1 aliphatic rings. The van der Waals surface area contributed by atoms with Crippen LogP contribution in [0, 0.1) is 0 Å². The lowest BCUT2D eigenvalue weighted by Crippen LogP contribution is -2.29. The highest BCUT2D eigenvalue weighted by molar-refractivity contribution is 7.15. The molecule has 1 aromatic heterocycles. The van der Waals surface area contributed by atoms with Gasteiger partial charge in [-0.2, -0.15) is 0 Å².